The Labute approximate surface area is 223 Å². The maximum atomic E-state index is 11.5. The second-order valence-electron chi connectivity index (χ2n) is 10.8. The minimum atomic E-state index is -0.743. The molecule has 0 spiro atoms. The number of aromatic hydroxyl groups is 2. The lowest BCUT2D eigenvalue weighted by molar-refractivity contribution is 0.0193. The molecule has 0 saturated carbocycles. The number of unbranched alkanes of at least 4 members (excludes halogenated alkanes) is 2. The molecule has 0 saturated heterocycles. The van der Waals surface area contributed by atoms with Gasteiger partial charge >= 0.3 is 0 Å². The molecule has 6 nitrogen and oxygen atoms in total. The summed E-state index contributed by atoms with van der Waals surface area (Å²) in [6, 6.07) is 11.0. The number of methoxy groups -OCH3 is 1. The van der Waals surface area contributed by atoms with Gasteiger partial charge in [-0.1, -0.05) is 38.3 Å². The molecule has 0 unspecified atom stereocenters. The second-order valence-corrected chi connectivity index (χ2v) is 10.8. The van der Waals surface area contributed by atoms with Gasteiger partial charge in [0.2, 0.25) is 0 Å². The van der Waals surface area contributed by atoms with Crippen LogP contribution >= 0.6 is 0 Å². The van der Waals surface area contributed by atoms with Gasteiger partial charge in [0.15, 0.2) is 17.6 Å². The van der Waals surface area contributed by atoms with Crippen LogP contribution in [-0.2, 0) is 19.3 Å². The smallest absolute Gasteiger partial charge is 0.164 e. The molecule has 3 N–H and O–H groups in total. The van der Waals surface area contributed by atoms with Crippen LogP contribution in [0.25, 0.3) is 11.1 Å². The molecular formula is C32H36O6. The van der Waals surface area contributed by atoms with Gasteiger partial charge in [0.1, 0.15) is 17.2 Å². The molecule has 3 aromatic rings. The van der Waals surface area contributed by atoms with Crippen LogP contribution < -0.4 is 14.2 Å². The third-order valence-electron chi connectivity index (χ3n) is 8.43. The van der Waals surface area contributed by atoms with Crippen molar-refractivity contribution < 1.29 is 29.5 Å². The topological polar surface area (TPSA) is 88.4 Å². The van der Waals surface area contributed by atoms with E-state index in [2.05, 4.69) is 6.92 Å². The maximum Gasteiger partial charge on any atom is 0.164 e. The Hall–Kier alpha value is -3.38. The molecule has 3 aliphatic rings. The molecule has 3 aromatic carbocycles. The average molecular weight is 517 g/mol. The highest BCUT2D eigenvalue weighted by Crippen LogP contribution is 2.54. The van der Waals surface area contributed by atoms with E-state index in [-0.39, 0.29) is 17.4 Å². The Bertz CT molecular complexity index is 1360. The quantitative estimate of drug-likeness (QED) is 0.331. The van der Waals surface area contributed by atoms with Crippen LogP contribution in [0.15, 0.2) is 36.4 Å². The molecule has 6 heteroatoms. The van der Waals surface area contributed by atoms with Crippen molar-refractivity contribution in [2.45, 2.75) is 76.4 Å². The van der Waals surface area contributed by atoms with Gasteiger partial charge in [0, 0.05) is 34.7 Å². The summed E-state index contributed by atoms with van der Waals surface area (Å²) in [7, 11) is 1.69. The molecule has 2 heterocycles. The SMILES string of the molecule is CCCCC[C@@H]1Cc2cc(O)ccc2-c2c(OC)cc3c(c21)C[C@@H](O)[C@H](c1ccc(O)c2c1CCCO2)O3. The van der Waals surface area contributed by atoms with Crippen molar-refractivity contribution in [1.29, 1.82) is 0 Å². The van der Waals surface area contributed by atoms with Crippen molar-refractivity contribution >= 4 is 0 Å². The van der Waals surface area contributed by atoms with Crippen molar-refractivity contribution in [2.24, 2.45) is 0 Å². The molecular weight excluding hydrogens is 480 g/mol. The summed E-state index contributed by atoms with van der Waals surface area (Å²) < 4.78 is 18.4. The maximum absolute atomic E-state index is 11.5. The summed E-state index contributed by atoms with van der Waals surface area (Å²) in [6.45, 7) is 2.79. The average Bonchev–Trinajstić information content (AvgIpc) is 2.92. The Balaban J connectivity index is 1.47. The Morgan fingerprint density at radius 2 is 1.89 bits per heavy atom. The van der Waals surface area contributed by atoms with Crippen molar-refractivity contribution in [3.8, 4) is 39.9 Å². The van der Waals surface area contributed by atoms with Crippen LogP contribution in [0.1, 0.15) is 78.9 Å². The molecule has 0 fully saturated rings. The number of benzene rings is 3. The number of ether oxygens (including phenoxy) is 3. The molecule has 38 heavy (non-hydrogen) atoms. The highest BCUT2D eigenvalue weighted by molar-refractivity contribution is 5.83. The van der Waals surface area contributed by atoms with E-state index in [9.17, 15) is 15.3 Å². The number of rotatable bonds is 6. The molecule has 6 rings (SSSR count). The number of phenolic OH excluding ortho intramolecular Hbond substituents is 2. The first-order chi connectivity index (χ1) is 18.5. The Morgan fingerprint density at radius 1 is 1.03 bits per heavy atom. The van der Waals surface area contributed by atoms with E-state index in [1.807, 2.05) is 24.3 Å². The first-order valence-electron chi connectivity index (χ1n) is 13.9. The summed E-state index contributed by atoms with van der Waals surface area (Å²) in [6.07, 6.45) is 6.10. The van der Waals surface area contributed by atoms with Crippen molar-refractivity contribution in [3.05, 3.63) is 64.2 Å². The van der Waals surface area contributed by atoms with Crippen molar-refractivity contribution in [3.63, 3.8) is 0 Å². The predicted molar refractivity (Wildman–Crippen MR) is 146 cm³/mol. The number of aliphatic hydroxyl groups is 1. The lowest BCUT2D eigenvalue weighted by Crippen LogP contribution is -2.33. The van der Waals surface area contributed by atoms with Crippen molar-refractivity contribution in [2.75, 3.05) is 13.7 Å². The number of aliphatic hydroxyl groups excluding tert-OH is 1. The fraction of sp³-hybridized carbons (Fsp3) is 0.438. The van der Waals surface area contributed by atoms with Gasteiger partial charge in [-0.3, -0.25) is 0 Å². The van der Waals surface area contributed by atoms with E-state index in [1.165, 1.54) is 12.0 Å². The van der Waals surface area contributed by atoms with Crippen LogP contribution in [0.5, 0.6) is 28.7 Å². The molecule has 0 bridgehead atoms. The third-order valence-corrected chi connectivity index (χ3v) is 8.43. The van der Waals surface area contributed by atoms with E-state index >= 15 is 0 Å². The van der Waals surface area contributed by atoms with Crippen LogP contribution in [0, 0.1) is 0 Å². The standard InChI is InChI=1S/C32H36O6/c1-3-4-5-7-18-14-19-15-20(33)9-10-21(19)30-28(36-2)17-27-24(29(18)30)16-26(35)32(38-27)23-11-12-25(34)31-22(23)8-6-13-37-31/h9-12,15,17-18,26,32-35H,3-8,13-14,16H2,1-2H3/t18-,26-,32+/m1/s1. The molecule has 0 amide bonds. The Morgan fingerprint density at radius 3 is 2.71 bits per heavy atom. The molecule has 3 atom stereocenters. The summed E-state index contributed by atoms with van der Waals surface area (Å²) in [5.41, 5.74) is 7.30. The van der Waals surface area contributed by atoms with Gasteiger partial charge in [-0.25, -0.2) is 0 Å². The van der Waals surface area contributed by atoms with Gasteiger partial charge in [0.25, 0.3) is 0 Å². The number of hydrogen-bond acceptors (Lipinski definition) is 6. The monoisotopic (exact) mass is 516 g/mol. The highest BCUT2D eigenvalue weighted by atomic mass is 16.5. The first-order valence-corrected chi connectivity index (χ1v) is 13.9. The molecule has 0 aromatic heterocycles. The molecule has 0 radical (unpaired) electrons. The zero-order valence-electron chi connectivity index (χ0n) is 22.1. The van der Waals surface area contributed by atoms with E-state index in [0.717, 1.165) is 83.4 Å². The van der Waals surface area contributed by atoms with E-state index in [1.54, 1.807) is 19.2 Å². The minimum absolute atomic E-state index is 0.129. The van der Waals surface area contributed by atoms with Crippen molar-refractivity contribution in [1.82, 2.24) is 0 Å². The lowest BCUT2D eigenvalue weighted by Gasteiger charge is -2.38. The van der Waals surface area contributed by atoms with Gasteiger partial charge in [-0.2, -0.15) is 0 Å². The summed E-state index contributed by atoms with van der Waals surface area (Å²) in [4.78, 5) is 0. The van der Waals surface area contributed by atoms with Crippen LogP contribution in [-0.4, -0.2) is 35.1 Å². The molecule has 2 aliphatic heterocycles. The van der Waals surface area contributed by atoms with E-state index < -0.39 is 12.2 Å². The zero-order valence-corrected chi connectivity index (χ0v) is 22.1. The lowest BCUT2D eigenvalue weighted by atomic mass is 9.72. The van der Waals surface area contributed by atoms with E-state index in [4.69, 9.17) is 14.2 Å². The fourth-order valence-corrected chi connectivity index (χ4v) is 6.69. The van der Waals surface area contributed by atoms with Gasteiger partial charge < -0.3 is 29.5 Å². The first kappa shape index (κ1) is 24.9. The largest absolute Gasteiger partial charge is 0.508 e. The summed E-state index contributed by atoms with van der Waals surface area (Å²) >= 11 is 0. The van der Waals surface area contributed by atoms with Gasteiger partial charge in [-0.05, 0) is 66.5 Å². The Kier molecular flexibility index (Phi) is 6.60. The number of phenols is 2. The van der Waals surface area contributed by atoms with Crippen LogP contribution in [0.2, 0.25) is 0 Å². The molecule has 1 aliphatic carbocycles. The summed E-state index contributed by atoms with van der Waals surface area (Å²) in [5, 5.41) is 32.1. The van der Waals surface area contributed by atoms with Crippen LogP contribution in [0.3, 0.4) is 0 Å². The minimum Gasteiger partial charge on any atom is -0.508 e. The normalized spacial score (nSPS) is 21.3. The number of fused-ring (bicyclic) bond motifs is 6. The zero-order chi connectivity index (χ0) is 26.4. The fourth-order valence-electron chi connectivity index (χ4n) is 6.69. The van der Waals surface area contributed by atoms with Gasteiger partial charge in [0.05, 0.1) is 19.8 Å². The molecule has 200 valence electrons. The highest BCUT2D eigenvalue weighted by Gasteiger charge is 2.39. The van der Waals surface area contributed by atoms with E-state index in [0.29, 0.717) is 18.8 Å². The van der Waals surface area contributed by atoms with Crippen LogP contribution in [0.4, 0.5) is 0 Å². The second kappa shape index (κ2) is 10.1. The third kappa shape index (κ3) is 4.15. The predicted octanol–water partition coefficient (Wildman–Crippen LogP) is 6.36. The van der Waals surface area contributed by atoms with Gasteiger partial charge in [-0.15, -0.1) is 0 Å². The number of hydrogen-bond donors (Lipinski definition) is 3. The summed E-state index contributed by atoms with van der Waals surface area (Å²) in [5.74, 6) is 2.66.